The Morgan fingerprint density at radius 1 is 1.17 bits per heavy atom. The fraction of sp³-hybridized carbons (Fsp3) is 0.238. The molecule has 1 N–H and O–H groups in total. The Kier molecular flexibility index (Phi) is 6.06. The lowest BCUT2D eigenvalue weighted by Crippen LogP contribution is -2.43. The van der Waals surface area contributed by atoms with Gasteiger partial charge in [0.05, 0.1) is 10.6 Å². The van der Waals surface area contributed by atoms with Crippen LogP contribution < -0.4 is 5.32 Å². The van der Waals surface area contributed by atoms with Gasteiger partial charge in [-0.05, 0) is 44.0 Å². The molecule has 156 valence electrons. The van der Waals surface area contributed by atoms with Gasteiger partial charge >= 0.3 is 0 Å². The van der Waals surface area contributed by atoms with Gasteiger partial charge in [0.25, 0.3) is 0 Å². The van der Waals surface area contributed by atoms with Gasteiger partial charge in [0, 0.05) is 22.0 Å². The largest absolute Gasteiger partial charge is 0.301 e. The lowest BCUT2D eigenvalue weighted by molar-refractivity contribution is -0.119. The van der Waals surface area contributed by atoms with Gasteiger partial charge in [-0.25, -0.2) is 13.4 Å². The van der Waals surface area contributed by atoms with Crippen molar-refractivity contribution in [2.24, 2.45) is 0 Å². The molecule has 0 bridgehead atoms. The average molecular weight is 506 g/mol. The molecule has 6 nitrogen and oxygen atoms in total. The number of aromatic nitrogens is 1. The molecule has 1 atom stereocenters. The fourth-order valence-corrected chi connectivity index (χ4v) is 6.05. The maximum absolute atomic E-state index is 13.1. The van der Waals surface area contributed by atoms with E-state index in [9.17, 15) is 13.2 Å². The second kappa shape index (κ2) is 8.58. The Balaban J connectivity index is 1.50. The smallest absolute Gasteiger partial charge is 0.244 e. The molecule has 9 heteroatoms. The molecule has 2 heterocycles. The van der Waals surface area contributed by atoms with E-state index in [-0.39, 0.29) is 10.8 Å². The number of nitrogens with zero attached hydrogens (tertiary/aromatic N) is 2. The molecule has 1 unspecified atom stereocenters. The van der Waals surface area contributed by atoms with Crippen molar-refractivity contribution in [3.63, 3.8) is 0 Å². The summed E-state index contributed by atoms with van der Waals surface area (Å²) in [5, 5.41) is 5.13. The molecular formula is C21H20BrN3O3S2. The van der Waals surface area contributed by atoms with Crippen LogP contribution in [0.5, 0.6) is 0 Å². The Labute approximate surface area is 188 Å². The van der Waals surface area contributed by atoms with Gasteiger partial charge in [-0.1, -0.05) is 45.8 Å². The summed E-state index contributed by atoms with van der Waals surface area (Å²) in [6.45, 7) is 2.23. The fourth-order valence-electron chi connectivity index (χ4n) is 3.41. The highest BCUT2D eigenvalue weighted by Gasteiger charge is 2.39. The Morgan fingerprint density at radius 3 is 2.57 bits per heavy atom. The summed E-state index contributed by atoms with van der Waals surface area (Å²) >= 11 is 4.73. The van der Waals surface area contributed by atoms with Gasteiger partial charge in [0.2, 0.25) is 15.9 Å². The van der Waals surface area contributed by atoms with E-state index in [1.807, 2.05) is 36.6 Å². The second-order valence-electron chi connectivity index (χ2n) is 7.12. The quantitative estimate of drug-likeness (QED) is 0.546. The van der Waals surface area contributed by atoms with Crippen molar-refractivity contribution in [1.82, 2.24) is 9.29 Å². The molecular weight excluding hydrogens is 486 g/mol. The van der Waals surface area contributed by atoms with Crippen molar-refractivity contribution in [1.29, 1.82) is 0 Å². The normalized spacial score (nSPS) is 17.2. The molecule has 0 aliphatic carbocycles. The zero-order chi connectivity index (χ0) is 21.3. The highest BCUT2D eigenvalue weighted by Crippen LogP contribution is 2.29. The van der Waals surface area contributed by atoms with Crippen LogP contribution in [0.25, 0.3) is 11.3 Å². The number of aryl methyl sites for hydroxylation is 1. The molecule has 1 saturated heterocycles. The summed E-state index contributed by atoms with van der Waals surface area (Å²) in [6.07, 6.45) is 1.13. The number of halogens is 1. The first-order valence-electron chi connectivity index (χ1n) is 9.45. The standard InChI is InChI=1S/C21H20BrN3O3S2/c1-14-4-10-17(11-5-14)30(27,28)25-12-2-3-19(25)20(26)24-21-23-18(13-29-21)15-6-8-16(22)9-7-15/h4-11,13,19H,2-3,12H2,1H3,(H,23,24,26). The topological polar surface area (TPSA) is 79.4 Å². The van der Waals surface area contributed by atoms with Gasteiger partial charge in [0.15, 0.2) is 5.13 Å². The summed E-state index contributed by atoms with van der Waals surface area (Å²) < 4.78 is 28.4. The summed E-state index contributed by atoms with van der Waals surface area (Å²) in [6, 6.07) is 13.7. The van der Waals surface area contributed by atoms with E-state index in [2.05, 4.69) is 26.2 Å². The summed E-state index contributed by atoms with van der Waals surface area (Å²) in [7, 11) is -3.73. The number of hydrogen-bond donors (Lipinski definition) is 1. The van der Waals surface area contributed by atoms with Gasteiger partial charge in [-0.15, -0.1) is 11.3 Å². The van der Waals surface area contributed by atoms with Crippen LogP contribution in [0.4, 0.5) is 5.13 Å². The zero-order valence-electron chi connectivity index (χ0n) is 16.2. The van der Waals surface area contributed by atoms with E-state index in [0.29, 0.717) is 24.5 Å². The lowest BCUT2D eigenvalue weighted by atomic mass is 10.2. The number of nitrogens with one attached hydrogen (secondary N) is 1. The van der Waals surface area contributed by atoms with Crippen molar-refractivity contribution in [2.45, 2.75) is 30.7 Å². The summed E-state index contributed by atoms with van der Waals surface area (Å²) in [5.41, 5.74) is 2.69. The summed E-state index contributed by atoms with van der Waals surface area (Å²) in [5.74, 6) is -0.347. The Morgan fingerprint density at radius 2 is 1.87 bits per heavy atom. The molecule has 1 aliphatic rings. The molecule has 2 aromatic carbocycles. The van der Waals surface area contributed by atoms with E-state index < -0.39 is 16.1 Å². The van der Waals surface area contributed by atoms with Crippen LogP contribution in [-0.4, -0.2) is 36.2 Å². The van der Waals surface area contributed by atoms with Crippen LogP contribution in [0.1, 0.15) is 18.4 Å². The van der Waals surface area contributed by atoms with Crippen LogP contribution in [0.3, 0.4) is 0 Å². The minimum Gasteiger partial charge on any atom is -0.301 e. The lowest BCUT2D eigenvalue weighted by Gasteiger charge is -2.23. The van der Waals surface area contributed by atoms with Gasteiger partial charge in [0.1, 0.15) is 6.04 Å². The molecule has 1 aromatic heterocycles. The molecule has 4 rings (SSSR count). The van der Waals surface area contributed by atoms with E-state index in [0.717, 1.165) is 21.3 Å². The number of carbonyl (C=O) groups excluding carboxylic acids is 1. The van der Waals surface area contributed by atoms with Gasteiger partial charge in [-0.3, -0.25) is 4.79 Å². The number of benzene rings is 2. The minimum absolute atomic E-state index is 0.208. The highest BCUT2D eigenvalue weighted by molar-refractivity contribution is 9.10. The molecule has 1 fully saturated rings. The van der Waals surface area contributed by atoms with Crippen molar-refractivity contribution >= 4 is 48.3 Å². The maximum Gasteiger partial charge on any atom is 0.244 e. The third-order valence-corrected chi connectivity index (χ3v) is 8.22. The van der Waals surface area contributed by atoms with Crippen LogP contribution in [0, 0.1) is 6.92 Å². The average Bonchev–Trinajstić information content (AvgIpc) is 3.39. The van der Waals surface area contributed by atoms with Crippen LogP contribution >= 0.6 is 27.3 Å². The van der Waals surface area contributed by atoms with E-state index in [1.54, 1.807) is 24.3 Å². The molecule has 3 aromatic rings. The first-order chi connectivity index (χ1) is 14.3. The molecule has 0 radical (unpaired) electrons. The van der Waals surface area contributed by atoms with Crippen molar-refractivity contribution < 1.29 is 13.2 Å². The number of rotatable bonds is 5. The van der Waals surface area contributed by atoms with Crippen molar-refractivity contribution in [2.75, 3.05) is 11.9 Å². The van der Waals surface area contributed by atoms with Gasteiger partial charge < -0.3 is 5.32 Å². The predicted octanol–water partition coefficient (Wildman–Crippen LogP) is 4.67. The van der Waals surface area contributed by atoms with Crippen molar-refractivity contribution in [3.8, 4) is 11.3 Å². The molecule has 0 spiro atoms. The van der Waals surface area contributed by atoms with Crippen LogP contribution in [0.2, 0.25) is 0 Å². The van der Waals surface area contributed by atoms with Gasteiger partial charge in [-0.2, -0.15) is 4.31 Å². The molecule has 1 aliphatic heterocycles. The third kappa shape index (κ3) is 4.34. The first kappa shape index (κ1) is 21.2. The number of sulfonamides is 1. The third-order valence-electron chi connectivity index (χ3n) is 5.01. The second-order valence-corrected chi connectivity index (χ2v) is 10.8. The van der Waals surface area contributed by atoms with E-state index in [1.165, 1.54) is 15.6 Å². The molecule has 30 heavy (non-hydrogen) atoms. The number of carbonyl (C=O) groups is 1. The predicted molar refractivity (Wildman–Crippen MR) is 122 cm³/mol. The monoisotopic (exact) mass is 505 g/mol. The number of hydrogen-bond acceptors (Lipinski definition) is 5. The van der Waals surface area contributed by atoms with E-state index >= 15 is 0 Å². The number of amides is 1. The Bertz CT molecular complexity index is 1160. The Hall–Kier alpha value is -2.07. The van der Waals surface area contributed by atoms with Crippen LogP contribution in [0.15, 0.2) is 63.3 Å². The molecule has 1 amide bonds. The van der Waals surface area contributed by atoms with Crippen molar-refractivity contribution in [3.05, 3.63) is 63.9 Å². The maximum atomic E-state index is 13.1. The van der Waals surface area contributed by atoms with Crippen LogP contribution in [-0.2, 0) is 14.8 Å². The zero-order valence-corrected chi connectivity index (χ0v) is 19.4. The SMILES string of the molecule is Cc1ccc(S(=O)(=O)N2CCCC2C(=O)Nc2nc(-c3ccc(Br)cc3)cs2)cc1. The first-order valence-corrected chi connectivity index (χ1v) is 12.6. The van der Waals surface area contributed by atoms with E-state index in [4.69, 9.17) is 0 Å². The highest BCUT2D eigenvalue weighted by atomic mass is 79.9. The number of thiazole rings is 1. The molecule has 0 saturated carbocycles. The summed E-state index contributed by atoms with van der Waals surface area (Å²) in [4.78, 5) is 17.6. The minimum atomic E-state index is -3.73. The number of anilines is 1.